The molecule has 10 heteroatoms. The van der Waals surface area contributed by atoms with Crippen molar-refractivity contribution in [3.8, 4) is 11.1 Å². The van der Waals surface area contributed by atoms with Crippen LogP contribution in [0.3, 0.4) is 0 Å². The van der Waals surface area contributed by atoms with Gasteiger partial charge in [-0.1, -0.05) is 120 Å². The zero-order valence-electron chi connectivity index (χ0n) is 25.5. The van der Waals surface area contributed by atoms with Crippen LogP contribution >= 0.6 is 23.1 Å². The molecule has 1 aromatic heterocycles. The van der Waals surface area contributed by atoms with Crippen molar-refractivity contribution >= 4 is 29.1 Å². The minimum Gasteiger partial charge on any atom is -0.392 e. The predicted octanol–water partition coefficient (Wildman–Crippen LogP) is 7.34. The Labute approximate surface area is 277 Å². The van der Waals surface area contributed by atoms with Gasteiger partial charge in [0.15, 0.2) is 10.6 Å². The largest absolute Gasteiger partial charge is 0.392 e. The second-order valence-corrected chi connectivity index (χ2v) is 13.5. The van der Waals surface area contributed by atoms with Crippen LogP contribution in [0.4, 0.5) is 4.79 Å². The van der Waals surface area contributed by atoms with Crippen LogP contribution in [-0.2, 0) is 29.2 Å². The van der Waals surface area contributed by atoms with Crippen LogP contribution in [0.15, 0.2) is 107 Å². The number of aliphatic hydroxyl groups excluding tert-OH is 1. The van der Waals surface area contributed by atoms with Gasteiger partial charge < -0.3 is 25.2 Å². The molecule has 3 N–H and O–H groups in total. The highest BCUT2D eigenvalue weighted by Crippen LogP contribution is 2.40. The normalized spacial score (nSPS) is 17.8. The number of ether oxygens (including phenoxy) is 2. The number of aliphatic hydroxyl groups is 1. The monoisotopic (exact) mass is 652 g/mol. The molecule has 0 unspecified atom stereocenters. The fraction of sp³-hybridized carbons (Fsp3) is 0.250. The molecule has 1 saturated heterocycles. The zero-order valence-corrected chi connectivity index (χ0v) is 27.1. The number of thioether (sulfide) groups is 1. The second kappa shape index (κ2) is 15.5. The van der Waals surface area contributed by atoms with Crippen molar-refractivity contribution in [1.82, 2.24) is 20.8 Å². The maximum atomic E-state index is 12.3. The maximum Gasteiger partial charge on any atom is 0.315 e. The number of rotatable bonds is 11. The summed E-state index contributed by atoms with van der Waals surface area (Å²) in [6.07, 6.45) is -0.0219. The lowest BCUT2D eigenvalue weighted by atomic mass is 9.99. The van der Waals surface area contributed by atoms with Gasteiger partial charge in [0.05, 0.1) is 18.8 Å². The molecule has 0 radical (unpaired) electrons. The van der Waals surface area contributed by atoms with E-state index >= 15 is 0 Å². The molecule has 0 saturated carbocycles. The molecule has 0 aliphatic carbocycles. The van der Waals surface area contributed by atoms with E-state index in [0.717, 1.165) is 54.0 Å². The summed E-state index contributed by atoms with van der Waals surface area (Å²) in [6.45, 7) is 2.87. The van der Waals surface area contributed by atoms with Gasteiger partial charge >= 0.3 is 6.03 Å². The van der Waals surface area contributed by atoms with E-state index in [1.807, 2.05) is 73.7 Å². The first-order chi connectivity index (χ1) is 22.5. The topological polar surface area (TPSA) is 106 Å². The van der Waals surface area contributed by atoms with E-state index in [0.29, 0.717) is 19.5 Å². The third-order valence-electron chi connectivity index (χ3n) is 7.71. The summed E-state index contributed by atoms with van der Waals surface area (Å²) in [5.41, 5.74) is 7.05. The Morgan fingerprint density at radius 1 is 0.826 bits per heavy atom. The molecule has 0 bridgehead atoms. The van der Waals surface area contributed by atoms with Crippen LogP contribution in [0, 0.1) is 6.92 Å². The van der Waals surface area contributed by atoms with Gasteiger partial charge in [-0.2, -0.15) is 0 Å². The number of nitrogens with one attached hydrogen (secondary N) is 2. The molecule has 5 aromatic rings. The molecule has 4 aromatic carbocycles. The number of aryl methyl sites for hydroxylation is 1. The van der Waals surface area contributed by atoms with Crippen molar-refractivity contribution in [2.45, 2.75) is 55.9 Å². The Balaban J connectivity index is 1.11. The molecule has 6 rings (SSSR count). The predicted molar refractivity (Wildman–Crippen MR) is 181 cm³/mol. The quantitative estimate of drug-likeness (QED) is 0.128. The first-order valence-corrected chi connectivity index (χ1v) is 17.0. The van der Waals surface area contributed by atoms with Crippen molar-refractivity contribution in [2.24, 2.45) is 0 Å². The standard InChI is InChI=1S/C36H36N4O4S2/c1-24-39-40-36(46-24)45-23-32-19-33(29-12-10-26(22-41)11-13-29)44-34(43-32)30-16-14-28(15-17-30)31-9-5-8-27(18-31)21-38-35(42)37-20-25-6-3-2-4-7-25/h2-18,32-34,41H,19-23H2,1H3,(H2,37,38,42)/t32-,33+,34+/m1/s1. The van der Waals surface area contributed by atoms with Crippen molar-refractivity contribution in [1.29, 1.82) is 0 Å². The Morgan fingerprint density at radius 3 is 2.26 bits per heavy atom. The van der Waals surface area contributed by atoms with Crippen LogP contribution in [0.2, 0.25) is 0 Å². The summed E-state index contributed by atoms with van der Waals surface area (Å²) >= 11 is 3.24. The Kier molecular flexibility index (Phi) is 10.7. The van der Waals surface area contributed by atoms with E-state index in [-0.39, 0.29) is 24.8 Å². The summed E-state index contributed by atoms with van der Waals surface area (Å²) in [5, 5.41) is 24.7. The molecule has 1 aliphatic rings. The lowest BCUT2D eigenvalue weighted by molar-refractivity contribution is -0.245. The lowest BCUT2D eigenvalue weighted by Gasteiger charge is -2.36. The van der Waals surface area contributed by atoms with Crippen LogP contribution in [-0.4, -0.2) is 33.2 Å². The van der Waals surface area contributed by atoms with E-state index in [1.54, 1.807) is 23.1 Å². The van der Waals surface area contributed by atoms with Gasteiger partial charge in [-0.25, -0.2) is 4.79 Å². The molecule has 2 amide bonds. The van der Waals surface area contributed by atoms with Crippen LogP contribution in [0.5, 0.6) is 0 Å². The smallest absolute Gasteiger partial charge is 0.315 e. The fourth-order valence-corrected chi connectivity index (χ4v) is 7.10. The van der Waals surface area contributed by atoms with Crippen molar-refractivity contribution in [3.05, 3.63) is 136 Å². The van der Waals surface area contributed by atoms with E-state index in [4.69, 9.17) is 9.47 Å². The number of aromatic nitrogens is 2. The zero-order chi connectivity index (χ0) is 31.7. The second-order valence-electron chi connectivity index (χ2n) is 11.1. The highest BCUT2D eigenvalue weighted by molar-refractivity contribution is 8.01. The van der Waals surface area contributed by atoms with E-state index in [1.165, 1.54) is 0 Å². The molecule has 46 heavy (non-hydrogen) atoms. The Hall–Kier alpha value is -4.06. The number of hydrogen-bond donors (Lipinski definition) is 3. The first-order valence-electron chi connectivity index (χ1n) is 15.2. The SMILES string of the molecule is Cc1nnc(SC[C@H]2C[C@@H](c3ccc(CO)cc3)O[C@@H](c3ccc(-c4cccc(CNC(=O)NCc5ccccc5)c4)cc3)O2)s1. The average Bonchev–Trinajstić information content (AvgIpc) is 3.54. The fourth-order valence-electron chi connectivity index (χ4n) is 5.24. The molecular formula is C36H36N4O4S2. The van der Waals surface area contributed by atoms with Crippen LogP contribution < -0.4 is 10.6 Å². The number of carbonyl (C=O) groups excluding carboxylic acids is 1. The van der Waals surface area contributed by atoms with Gasteiger partial charge in [0.25, 0.3) is 0 Å². The number of hydrogen-bond acceptors (Lipinski definition) is 8. The number of amides is 2. The maximum absolute atomic E-state index is 12.3. The van der Waals surface area contributed by atoms with Gasteiger partial charge in [-0.3, -0.25) is 0 Å². The molecule has 0 spiro atoms. The third kappa shape index (κ3) is 8.60. The van der Waals surface area contributed by atoms with Crippen molar-refractivity contribution < 1.29 is 19.4 Å². The number of carbonyl (C=O) groups is 1. The summed E-state index contributed by atoms with van der Waals surface area (Å²) in [5.74, 6) is 0.739. The van der Waals surface area contributed by atoms with Crippen LogP contribution in [0.1, 0.15) is 51.6 Å². The van der Waals surface area contributed by atoms with E-state index in [2.05, 4.69) is 57.2 Å². The molecule has 1 fully saturated rings. The molecule has 1 aliphatic heterocycles. The molecule has 8 nitrogen and oxygen atoms in total. The van der Waals surface area contributed by atoms with Gasteiger partial charge in [0, 0.05) is 30.8 Å². The minimum atomic E-state index is -0.531. The Bertz CT molecular complexity index is 1710. The summed E-state index contributed by atoms with van der Waals surface area (Å²) in [7, 11) is 0. The van der Waals surface area contributed by atoms with Crippen molar-refractivity contribution in [3.63, 3.8) is 0 Å². The highest BCUT2D eigenvalue weighted by atomic mass is 32.2. The summed E-state index contributed by atoms with van der Waals surface area (Å²) in [4.78, 5) is 12.3. The molecule has 2 heterocycles. The highest BCUT2D eigenvalue weighted by Gasteiger charge is 2.32. The molecule has 3 atom stereocenters. The number of nitrogens with zero attached hydrogens (tertiary/aromatic N) is 2. The van der Waals surface area contributed by atoms with E-state index in [9.17, 15) is 9.90 Å². The Morgan fingerprint density at radius 2 is 1.54 bits per heavy atom. The molecule has 236 valence electrons. The lowest BCUT2D eigenvalue weighted by Crippen LogP contribution is -2.34. The van der Waals surface area contributed by atoms with Gasteiger partial charge in [-0.15, -0.1) is 10.2 Å². The van der Waals surface area contributed by atoms with Crippen molar-refractivity contribution in [2.75, 3.05) is 5.75 Å². The minimum absolute atomic E-state index is 0.00786. The van der Waals surface area contributed by atoms with Crippen LogP contribution in [0.25, 0.3) is 11.1 Å². The van der Waals surface area contributed by atoms with Gasteiger partial charge in [-0.05, 0) is 46.4 Å². The summed E-state index contributed by atoms with van der Waals surface area (Å²) < 4.78 is 13.9. The average molecular weight is 653 g/mol. The third-order valence-corrected chi connectivity index (χ3v) is 9.81. The molecular weight excluding hydrogens is 617 g/mol. The van der Waals surface area contributed by atoms with E-state index < -0.39 is 6.29 Å². The summed E-state index contributed by atoms with van der Waals surface area (Å²) in [6, 6.07) is 34.0. The van der Waals surface area contributed by atoms with Gasteiger partial charge in [0.1, 0.15) is 5.01 Å². The van der Waals surface area contributed by atoms with Gasteiger partial charge in [0.2, 0.25) is 0 Å². The number of urea groups is 1. The number of benzene rings is 4. The first kappa shape index (κ1) is 31.9.